The van der Waals surface area contributed by atoms with E-state index < -0.39 is 0 Å². The van der Waals surface area contributed by atoms with E-state index in [9.17, 15) is 4.79 Å². The molecule has 0 fully saturated rings. The van der Waals surface area contributed by atoms with Crippen LogP contribution >= 0.6 is 0 Å². The summed E-state index contributed by atoms with van der Waals surface area (Å²) in [7, 11) is 0. The van der Waals surface area contributed by atoms with Gasteiger partial charge in [0.25, 0.3) is 0 Å². The molecule has 0 aromatic heterocycles. The Hall–Kier alpha value is -1.35. The van der Waals surface area contributed by atoms with Crippen LogP contribution in [0.3, 0.4) is 0 Å². The van der Waals surface area contributed by atoms with Gasteiger partial charge in [0, 0.05) is 6.42 Å². The van der Waals surface area contributed by atoms with Crippen molar-refractivity contribution >= 4 is 5.91 Å². The average Bonchev–Trinajstić information content (AvgIpc) is 2.38. The maximum Gasteiger partial charge on any atom is 0.220 e. The molecule has 3 nitrogen and oxygen atoms in total. The first-order chi connectivity index (χ1) is 9.13. The molecule has 1 aromatic carbocycles. The number of hydrogen-bond acceptors (Lipinski definition) is 2. The SMILES string of the molecule is Cc1cccc([C@@H](C)NC(=O)CCCCCCN)c1. The van der Waals surface area contributed by atoms with Gasteiger partial charge in [-0.05, 0) is 38.8 Å². The molecule has 1 aromatic rings. The first-order valence-corrected chi connectivity index (χ1v) is 7.19. The average molecular weight is 262 g/mol. The largest absolute Gasteiger partial charge is 0.350 e. The summed E-state index contributed by atoms with van der Waals surface area (Å²) in [5, 5.41) is 3.05. The molecule has 0 saturated heterocycles. The van der Waals surface area contributed by atoms with Crippen LogP contribution in [0.25, 0.3) is 0 Å². The second-order valence-electron chi connectivity index (χ2n) is 5.16. The number of carbonyl (C=O) groups excluding carboxylic acids is 1. The summed E-state index contributed by atoms with van der Waals surface area (Å²) in [6.07, 6.45) is 4.83. The number of carbonyl (C=O) groups is 1. The summed E-state index contributed by atoms with van der Waals surface area (Å²) >= 11 is 0. The zero-order valence-electron chi connectivity index (χ0n) is 12.1. The lowest BCUT2D eigenvalue weighted by Crippen LogP contribution is -2.26. The molecule has 1 atom stereocenters. The van der Waals surface area contributed by atoms with E-state index in [4.69, 9.17) is 5.73 Å². The Morgan fingerprint density at radius 2 is 2.00 bits per heavy atom. The van der Waals surface area contributed by atoms with E-state index in [0.29, 0.717) is 6.42 Å². The van der Waals surface area contributed by atoms with Gasteiger partial charge < -0.3 is 11.1 Å². The third-order valence-electron chi connectivity index (χ3n) is 3.28. The Balaban J connectivity index is 2.28. The fraction of sp³-hybridized carbons (Fsp3) is 0.562. The van der Waals surface area contributed by atoms with Gasteiger partial charge in [0.05, 0.1) is 6.04 Å². The van der Waals surface area contributed by atoms with Gasteiger partial charge in [0.2, 0.25) is 5.91 Å². The highest BCUT2D eigenvalue weighted by Gasteiger charge is 2.09. The molecule has 3 heteroatoms. The number of amides is 1. The monoisotopic (exact) mass is 262 g/mol. The lowest BCUT2D eigenvalue weighted by atomic mass is 10.1. The fourth-order valence-electron chi connectivity index (χ4n) is 2.12. The highest BCUT2D eigenvalue weighted by molar-refractivity contribution is 5.76. The Morgan fingerprint density at radius 3 is 2.68 bits per heavy atom. The summed E-state index contributed by atoms with van der Waals surface area (Å²) in [6.45, 7) is 4.84. The molecule has 0 aliphatic heterocycles. The van der Waals surface area contributed by atoms with Crippen LogP contribution in [0.5, 0.6) is 0 Å². The summed E-state index contributed by atoms with van der Waals surface area (Å²) in [6, 6.07) is 8.34. The number of unbranched alkanes of at least 4 members (excludes halogenated alkanes) is 3. The van der Waals surface area contributed by atoms with Crippen LogP contribution < -0.4 is 11.1 Å². The summed E-state index contributed by atoms with van der Waals surface area (Å²) in [5.74, 6) is 0.141. The minimum atomic E-state index is 0.0800. The molecule has 0 saturated carbocycles. The Labute approximate surface area is 116 Å². The lowest BCUT2D eigenvalue weighted by molar-refractivity contribution is -0.121. The molecule has 0 bridgehead atoms. The van der Waals surface area contributed by atoms with Crippen molar-refractivity contribution in [1.82, 2.24) is 5.32 Å². The van der Waals surface area contributed by atoms with Gasteiger partial charge in [0.1, 0.15) is 0 Å². The molecule has 19 heavy (non-hydrogen) atoms. The molecule has 0 aliphatic rings. The molecule has 0 heterocycles. The van der Waals surface area contributed by atoms with Crippen molar-refractivity contribution in [3.05, 3.63) is 35.4 Å². The van der Waals surface area contributed by atoms with E-state index in [1.54, 1.807) is 0 Å². The summed E-state index contributed by atoms with van der Waals surface area (Å²) < 4.78 is 0. The van der Waals surface area contributed by atoms with Crippen LogP contribution in [0.4, 0.5) is 0 Å². The van der Waals surface area contributed by atoms with Crippen LogP contribution in [0.2, 0.25) is 0 Å². The van der Waals surface area contributed by atoms with Crippen LogP contribution in [0.1, 0.15) is 56.2 Å². The lowest BCUT2D eigenvalue weighted by Gasteiger charge is -2.14. The normalized spacial score (nSPS) is 12.2. The van der Waals surface area contributed by atoms with E-state index in [-0.39, 0.29) is 11.9 Å². The Bertz CT molecular complexity index is 390. The van der Waals surface area contributed by atoms with E-state index >= 15 is 0 Å². The van der Waals surface area contributed by atoms with Crippen LogP contribution in [0, 0.1) is 6.92 Å². The number of hydrogen-bond donors (Lipinski definition) is 2. The number of nitrogens with one attached hydrogen (secondary N) is 1. The minimum absolute atomic E-state index is 0.0800. The maximum absolute atomic E-state index is 11.8. The first kappa shape index (κ1) is 15.7. The highest BCUT2D eigenvalue weighted by Crippen LogP contribution is 2.14. The van der Waals surface area contributed by atoms with Crippen molar-refractivity contribution in [2.75, 3.05) is 6.54 Å². The smallest absolute Gasteiger partial charge is 0.220 e. The number of rotatable bonds is 8. The zero-order chi connectivity index (χ0) is 14.1. The van der Waals surface area contributed by atoms with Crippen LogP contribution in [-0.2, 0) is 4.79 Å². The summed E-state index contributed by atoms with van der Waals surface area (Å²) in [4.78, 5) is 11.8. The third kappa shape index (κ3) is 6.39. The van der Waals surface area contributed by atoms with Crippen molar-refractivity contribution in [3.63, 3.8) is 0 Å². The van der Waals surface area contributed by atoms with Gasteiger partial charge in [0.15, 0.2) is 0 Å². The fourth-order valence-corrected chi connectivity index (χ4v) is 2.12. The Kier molecular flexibility index (Phi) is 7.19. The number of nitrogens with two attached hydrogens (primary N) is 1. The number of benzene rings is 1. The molecule has 0 aliphatic carbocycles. The highest BCUT2D eigenvalue weighted by atomic mass is 16.1. The second-order valence-corrected chi connectivity index (χ2v) is 5.16. The Morgan fingerprint density at radius 1 is 1.26 bits per heavy atom. The molecule has 0 unspecified atom stereocenters. The molecular weight excluding hydrogens is 236 g/mol. The molecule has 1 rings (SSSR count). The molecule has 0 spiro atoms. The van der Waals surface area contributed by atoms with Crippen LogP contribution in [-0.4, -0.2) is 12.5 Å². The molecule has 0 radical (unpaired) electrons. The van der Waals surface area contributed by atoms with Gasteiger partial charge in [-0.1, -0.05) is 42.7 Å². The van der Waals surface area contributed by atoms with E-state index in [1.807, 2.05) is 13.0 Å². The van der Waals surface area contributed by atoms with E-state index in [1.165, 1.54) is 5.56 Å². The van der Waals surface area contributed by atoms with Crippen LogP contribution in [0.15, 0.2) is 24.3 Å². The van der Waals surface area contributed by atoms with E-state index in [2.05, 4.69) is 30.4 Å². The van der Waals surface area contributed by atoms with Gasteiger partial charge in [-0.15, -0.1) is 0 Å². The van der Waals surface area contributed by atoms with Gasteiger partial charge >= 0.3 is 0 Å². The van der Waals surface area contributed by atoms with Crippen molar-refractivity contribution in [1.29, 1.82) is 0 Å². The van der Waals surface area contributed by atoms with Crippen molar-refractivity contribution < 1.29 is 4.79 Å². The predicted molar refractivity (Wildman–Crippen MR) is 79.9 cm³/mol. The molecule has 106 valence electrons. The van der Waals surface area contributed by atoms with Gasteiger partial charge in [-0.3, -0.25) is 4.79 Å². The number of aryl methyl sites for hydroxylation is 1. The van der Waals surface area contributed by atoms with Crippen molar-refractivity contribution in [3.8, 4) is 0 Å². The third-order valence-corrected chi connectivity index (χ3v) is 3.28. The molecule has 1 amide bonds. The predicted octanol–water partition coefficient (Wildman–Crippen LogP) is 3.08. The molecular formula is C16H26N2O. The standard InChI is InChI=1S/C16H26N2O/c1-13-8-7-9-15(12-13)14(2)18-16(19)10-5-3-4-6-11-17/h7-9,12,14H,3-6,10-11,17H2,1-2H3,(H,18,19)/t14-/m1/s1. The summed E-state index contributed by atoms with van der Waals surface area (Å²) in [5.41, 5.74) is 7.82. The first-order valence-electron chi connectivity index (χ1n) is 7.19. The van der Waals surface area contributed by atoms with Gasteiger partial charge in [-0.25, -0.2) is 0 Å². The maximum atomic E-state index is 11.8. The van der Waals surface area contributed by atoms with Gasteiger partial charge in [-0.2, -0.15) is 0 Å². The quantitative estimate of drug-likeness (QED) is 0.707. The second kappa shape index (κ2) is 8.70. The van der Waals surface area contributed by atoms with Crippen molar-refractivity contribution in [2.45, 2.75) is 52.0 Å². The molecule has 3 N–H and O–H groups in total. The topological polar surface area (TPSA) is 55.1 Å². The van der Waals surface area contributed by atoms with E-state index in [0.717, 1.165) is 37.8 Å². The zero-order valence-corrected chi connectivity index (χ0v) is 12.1. The minimum Gasteiger partial charge on any atom is -0.350 e. The van der Waals surface area contributed by atoms with Crippen molar-refractivity contribution in [2.24, 2.45) is 5.73 Å².